The molecule has 0 spiro atoms. The number of benzene rings is 1. The maximum atomic E-state index is 12.9. The van der Waals surface area contributed by atoms with Crippen molar-refractivity contribution in [1.82, 2.24) is 9.55 Å². The number of hydrogen-bond acceptors (Lipinski definition) is 4. The third kappa shape index (κ3) is 3.00. The Morgan fingerprint density at radius 3 is 2.56 bits per heavy atom. The smallest absolute Gasteiger partial charge is 0.262 e. The molecule has 1 aliphatic rings. The van der Waals surface area contributed by atoms with Gasteiger partial charge in [-0.15, -0.1) is 11.3 Å². The van der Waals surface area contributed by atoms with Crippen molar-refractivity contribution < 1.29 is 0 Å². The molecule has 0 saturated heterocycles. The van der Waals surface area contributed by atoms with Crippen LogP contribution in [0.2, 0.25) is 0 Å². The summed E-state index contributed by atoms with van der Waals surface area (Å²) in [6.07, 6.45) is 3.03. The first-order chi connectivity index (χ1) is 13.0. The van der Waals surface area contributed by atoms with E-state index in [1.807, 2.05) is 11.5 Å². The Kier molecular flexibility index (Phi) is 4.64. The highest BCUT2D eigenvalue weighted by molar-refractivity contribution is 7.18. The van der Waals surface area contributed by atoms with Gasteiger partial charge in [-0.1, -0.05) is 12.1 Å². The van der Waals surface area contributed by atoms with Gasteiger partial charge in [0.1, 0.15) is 10.7 Å². The van der Waals surface area contributed by atoms with E-state index in [9.17, 15) is 4.79 Å². The van der Waals surface area contributed by atoms with E-state index in [0.29, 0.717) is 0 Å². The Bertz CT molecular complexity index is 1090. The van der Waals surface area contributed by atoms with Crippen LogP contribution in [0.5, 0.6) is 0 Å². The monoisotopic (exact) mass is 379 g/mol. The van der Waals surface area contributed by atoms with Crippen molar-refractivity contribution in [3.05, 3.63) is 56.4 Å². The molecule has 4 nitrogen and oxygen atoms in total. The van der Waals surface area contributed by atoms with Crippen LogP contribution < -0.4 is 10.5 Å². The molecule has 0 N–H and O–H groups in total. The summed E-state index contributed by atoms with van der Waals surface area (Å²) in [7, 11) is 0. The molecule has 2 aromatic heterocycles. The third-order valence-electron chi connectivity index (χ3n) is 5.54. The number of rotatable bonds is 4. The van der Waals surface area contributed by atoms with Gasteiger partial charge < -0.3 is 4.90 Å². The normalized spacial score (nSPS) is 14.9. The summed E-state index contributed by atoms with van der Waals surface area (Å²) in [4.78, 5) is 22.2. The number of allylic oxidation sites excluding steroid dienone is 1. The van der Waals surface area contributed by atoms with Crippen molar-refractivity contribution in [2.24, 2.45) is 0 Å². The summed E-state index contributed by atoms with van der Waals surface area (Å²) in [5.74, 6) is 0.835. The van der Waals surface area contributed by atoms with Gasteiger partial charge in [-0.3, -0.25) is 9.36 Å². The fourth-order valence-corrected chi connectivity index (χ4v) is 4.85. The van der Waals surface area contributed by atoms with Crippen molar-refractivity contribution in [2.75, 3.05) is 18.0 Å². The molecule has 0 fully saturated rings. The zero-order valence-corrected chi connectivity index (χ0v) is 17.2. The van der Waals surface area contributed by atoms with Crippen LogP contribution in [0.4, 0.5) is 5.69 Å². The Morgan fingerprint density at radius 1 is 1.19 bits per heavy atom. The number of aromatic nitrogens is 2. The van der Waals surface area contributed by atoms with Crippen LogP contribution in [-0.2, 0) is 6.54 Å². The van der Waals surface area contributed by atoms with Crippen molar-refractivity contribution in [3.8, 4) is 0 Å². The fourth-order valence-electron chi connectivity index (χ4n) is 3.83. The molecular formula is C22H25N3OS. The quantitative estimate of drug-likeness (QED) is 0.649. The Balaban J connectivity index is 1.74. The van der Waals surface area contributed by atoms with Crippen molar-refractivity contribution in [3.63, 3.8) is 0 Å². The molecular weight excluding hydrogens is 354 g/mol. The summed E-state index contributed by atoms with van der Waals surface area (Å²) < 4.78 is 1.84. The first-order valence-corrected chi connectivity index (χ1v) is 10.4. The summed E-state index contributed by atoms with van der Waals surface area (Å²) in [6, 6.07) is 8.65. The molecule has 0 unspecified atom stereocenters. The van der Waals surface area contributed by atoms with Crippen LogP contribution in [0.15, 0.2) is 29.1 Å². The van der Waals surface area contributed by atoms with Gasteiger partial charge in [0.05, 0.1) is 5.39 Å². The van der Waals surface area contributed by atoms with Gasteiger partial charge in [0.2, 0.25) is 0 Å². The zero-order chi connectivity index (χ0) is 19.1. The van der Waals surface area contributed by atoms with Gasteiger partial charge in [0, 0.05) is 30.2 Å². The summed E-state index contributed by atoms with van der Waals surface area (Å²) in [6.45, 7) is 11.2. The molecule has 3 heterocycles. The fraction of sp³-hybridized carbons (Fsp3) is 0.364. The van der Waals surface area contributed by atoms with Crippen LogP contribution in [-0.4, -0.2) is 22.6 Å². The van der Waals surface area contributed by atoms with E-state index in [2.05, 4.69) is 56.0 Å². The lowest BCUT2D eigenvalue weighted by molar-refractivity contribution is 0.726. The zero-order valence-electron chi connectivity index (χ0n) is 16.4. The molecule has 27 heavy (non-hydrogen) atoms. The van der Waals surface area contributed by atoms with E-state index in [1.54, 1.807) is 11.3 Å². The first kappa shape index (κ1) is 18.0. The molecule has 4 rings (SSSR count). The number of aryl methyl sites for hydroxylation is 2. The van der Waals surface area contributed by atoms with Gasteiger partial charge in [-0.25, -0.2) is 4.98 Å². The lowest BCUT2D eigenvalue weighted by Crippen LogP contribution is -2.21. The summed E-state index contributed by atoms with van der Waals surface area (Å²) >= 11 is 1.62. The molecule has 0 aliphatic carbocycles. The van der Waals surface area contributed by atoms with Gasteiger partial charge in [-0.05, 0) is 69.0 Å². The average Bonchev–Trinajstić information content (AvgIpc) is 3.19. The van der Waals surface area contributed by atoms with Gasteiger partial charge in [-0.2, -0.15) is 0 Å². The van der Waals surface area contributed by atoms with Gasteiger partial charge >= 0.3 is 0 Å². The highest BCUT2D eigenvalue weighted by atomic mass is 32.1. The molecule has 0 bridgehead atoms. The van der Waals surface area contributed by atoms with Gasteiger partial charge in [0.15, 0.2) is 0 Å². The number of nitrogens with zero attached hydrogens (tertiary/aromatic N) is 3. The summed E-state index contributed by atoms with van der Waals surface area (Å²) in [5, 5.41) is 0.797. The number of thiophene rings is 1. The second kappa shape index (κ2) is 6.97. The average molecular weight is 380 g/mol. The highest BCUT2D eigenvalue weighted by Gasteiger charge is 2.23. The second-order valence-corrected chi connectivity index (χ2v) is 8.24. The van der Waals surface area contributed by atoms with Crippen LogP contribution in [0.25, 0.3) is 21.9 Å². The van der Waals surface area contributed by atoms with Crippen LogP contribution in [0.3, 0.4) is 0 Å². The van der Waals surface area contributed by atoms with Crippen molar-refractivity contribution >= 4 is 38.9 Å². The number of hydrogen-bond donors (Lipinski definition) is 0. The standard InChI is InChI=1S/C22H25N3OS/c1-5-24(6-2)18-9-7-16(8-10-18)13-17-11-12-25-20(17)23-21-19(22(25)26)14(3)15(4)27-21/h7-10,13H,5-6,11-12H2,1-4H3/b17-13+. The minimum Gasteiger partial charge on any atom is -0.372 e. The van der Waals surface area contributed by atoms with Crippen molar-refractivity contribution in [1.29, 1.82) is 0 Å². The molecule has 0 amide bonds. The van der Waals surface area contributed by atoms with Gasteiger partial charge in [0.25, 0.3) is 5.56 Å². The SMILES string of the molecule is CCN(CC)c1ccc(/C=C2\CCn3c2nc2sc(C)c(C)c2c3=O)cc1. The molecule has 3 aromatic rings. The number of anilines is 1. The van der Waals surface area contributed by atoms with E-state index in [-0.39, 0.29) is 5.56 Å². The van der Waals surface area contributed by atoms with Crippen LogP contribution >= 0.6 is 11.3 Å². The molecule has 0 radical (unpaired) electrons. The van der Waals surface area contributed by atoms with E-state index >= 15 is 0 Å². The highest BCUT2D eigenvalue weighted by Crippen LogP contribution is 2.32. The van der Waals surface area contributed by atoms with Crippen LogP contribution in [0.1, 0.15) is 42.1 Å². The molecule has 140 valence electrons. The molecule has 1 aliphatic heterocycles. The van der Waals surface area contributed by atoms with E-state index in [4.69, 9.17) is 4.98 Å². The van der Waals surface area contributed by atoms with Crippen LogP contribution in [0, 0.1) is 13.8 Å². The Labute approximate surface area is 163 Å². The summed E-state index contributed by atoms with van der Waals surface area (Å²) in [5.41, 5.74) is 4.73. The maximum Gasteiger partial charge on any atom is 0.262 e. The van der Waals surface area contributed by atoms with Crippen molar-refractivity contribution in [2.45, 2.75) is 40.7 Å². The maximum absolute atomic E-state index is 12.9. The first-order valence-electron chi connectivity index (χ1n) is 9.60. The molecule has 1 aromatic carbocycles. The van der Waals surface area contributed by atoms with E-state index < -0.39 is 0 Å². The largest absolute Gasteiger partial charge is 0.372 e. The molecule has 0 atom stereocenters. The minimum absolute atomic E-state index is 0.108. The van der Waals surface area contributed by atoms with E-state index in [0.717, 1.165) is 58.8 Å². The Morgan fingerprint density at radius 2 is 1.89 bits per heavy atom. The topological polar surface area (TPSA) is 38.1 Å². The predicted molar refractivity (Wildman–Crippen MR) is 116 cm³/mol. The lowest BCUT2D eigenvalue weighted by atomic mass is 10.1. The van der Waals surface area contributed by atoms with E-state index in [1.165, 1.54) is 10.6 Å². The molecule has 5 heteroatoms. The minimum atomic E-state index is 0.108. The second-order valence-electron chi connectivity index (χ2n) is 7.04. The third-order valence-corrected chi connectivity index (χ3v) is 6.64. The predicted octanol–water partition coefficient (Wildman–Crippen LogP) is 4.87. The number of fused-ring (bicyclic) bond motifs is 2. The lowest BCUT2D eigenvalue weighted by Gasteiger charge is -2.20. The Hall–Kier alpha value is -2.40. The molecule has 0 saturated carbocycles.